The highest BCUT2D eigenvalue weighted by molar-refractivity contribution is 7.99. The van der Waals surface area contributed by atoms with E-state index >= 15 is 0 Å². The Bertz CT molecular complexity index is 602. The van der Waals surface area contributed by atoms with Crippen LogP contribution >= 0.6 is 11.8 Å². The number of pyridine rings is 1. The molecule has 0 atom stereocenters. The summed E-state index contributed by atoms with van der Waals surface area (Å²) in [5, 5.41) is 11.6. The number of aromatic nitrogens is 1. The molecule has 0 amide bonds. The van der Waals surface area contributed by atoms with E-state index in [4.69, 9.17) is 15.7 Å². The lowest BCUT2D eigenvalue weighted by molar-refractivity contribution is 0.318. The summed E-state index contributed by atoms with van der Waals surface area (Å²) in [5.74, 6) is 0.789. The fourth-order valence-corrected chi connectivity index (χ4v) is 2.45. The molecule has 19 heavy (non-hydrogen) atoms. The maximum atomic E-state index is 8.65. The minimum Gasteiger partial charge on any atom is -0.496 e. The summed E-state index contributed by atoms with van der Waals surface area (Å²) >= 11 is 1.52. The Balaban J connectivity index is 2.28. The van der Waals surface area contributed by atoms with Crippen LogP contribution < -0.4 is 10.5 Å². The second kappa shape index (κ2) is 6.10. The number of amidine groups is 1. The van der Waals surface area contributed by atoms with E-state index in [0.717, 1.165) is 15.5 Å². The van der Waals surface area contributed by atoms with Gasteiger partial charge >= 0.3 is 0 Å². The summed E-state index contributed by atoms with van der Waals surface area (Å²) in [6.45, 7) is 0. The van der Waals surface area contributed by atoms with Crippen LogP contribution in [0.5, 0.6) is 5.75 Å². The number of para-hydroxylation sites is 1. The summed E-state index contributed by atoms with van der Waals surface area (Å²) in [7, 11) is 1.63. The maximum Gasteiger partial charge on any atom is 0.188 e. The monoisotopic (exact) mass is 275 g/mol. The van der Waals surface area contributed by atoms with Gasteiger partial charge in [-0.15, -0.1) is 0 Å². The number of benzene rings is 1. The normalized spacial score (nSPS) is 11.3. The first kappa shape index (κ1) is 13.2. The molecule has 0 bridgehead atoms. The number of methoxy groups -OCH3 is 1. The predicted molar refractivity (Wildman–Crippen MR) is 73.9 cm³/mol. The highest BCUT2D eigenvalue weighted by Gasteiger charge is 2.06. The molecule has 0 aliphatic rings. The molecular formula is C13H13N3O2S. The van der Waals surface area contributed by atoms with E-state index in [1.165, 1.54) is 11.8 Å². The molecule has 0 unspecified atom stereocenters. The van der Waals surface area contributed by atoms with Crippen molar-refractivity contribution in [2.24, 2.45) is 10.9 Å². The van der Waals surface area contributed by atoms with Crippen molar-refractivity contribution < 1.29 is 9.94 Å². The van der Waals surface area contributed by atoms with Crippen molar-refractivity contribution in [1.29, 1.82) is 0 Å². The Hall–Kier alpha value is -2.21. The van der Waals surface area contributed by atoms with Crippen LogP contribution in [0.3, 0.4) is 0 Å². The predicted octanol–water partition coefficient (Wildman–Crippen LogP) is 2.34. The largest absolute Gasteiger partial charge is 0.496 e. The second-order valence-corrected chi connectivity index (χ2v) is 4.73. The van der Waals surface area contributed by atoms with Crippen LogP contribution in [0.2, 0.25) is 0 Å². The number of hydrogen-bond acceptors (Lipinski definition) is 5. The van der Waals surface area contributed by atoms with Gasteiger partial charge in [0.1, 0.15) is 11.4 Å². The van der Waals surface area contributed by atoms with Crippen LogP contribution in [0.25, 0.3) is 0 Å². The van der Waals surface area contributed by atoms with Crippen LogP contribution in [-0.2, 0) is 0 Å². The van der Waals surface area contributed by atoms with Crippen molar-refractivity contribution in [2.75, 3.05) is 7.11 Å². The first-order valence-electron chi connectivity index (χ1n) is 5.49. The van der Waals surface area contributed by atoms with E-state index in [1.54, 1.807) is 19.4 Å². The number of nitrogens with zero attached hydrogens (tertiary/aromatic N) is 2. The van der Waals surface area contributed by atoms with E-state index in [9.17, 15) is 0 Å². The van der Waals surface area contributed by atoms with E-state index in [0.29, 0.717) is 5.69 Å². The van der Waals surface area contributed by atoms with E-state index < -0.39 is 0 Å². The molecule has 0 saturated carbocycles. The first-order chi connectivity index (χ1) is 9.24. The Labute approximate surface area is 115 Å². The van der Waals surface area contributed by atoms with Gasteiger partial charge in [-0.25, -0.2) is 0 Å². The second-order valence-electron chi connectivity index (χ2n) is 3.61. The zero-order chi connectivity index (χ0) is 13.7. The van der Waals surface area contributed by atoms with E-state index in [-0.39, 0.29) is 5.84 Å². The fraction of sp³-hybridized carbons (Fsp3) is 0.0769. The van der Waals surface area contributed by atoms with Gasteiger partial charge < -0.3 is 15.7 Å². The van der Waals surface area contributed by atoms with E-state index in [1.807, 2.05) is 30.3 Å². The van der Waals surface area contributed by atoms with Gasteiger partial charge in [-0.1, -0.05) is 29.1 Å². The van der Waals surface area contributed by atoms with Crippen molar-refractivity contribution in [3.63, 3.8) is 0 Å². The SMILES string of the molecule is COc1ccccc1Sc1ccnc(C(N)=NO)c1. The summed E-state index contributed by atoms with van der Waals surface area (Å²) in [4.78, 5) is 5.95. The molecule has 1 aromatic carbocycles. The third-order valence-corrected chi connectivity index (χ3v) is 3.45. The quantitative estimate of drug-likeness (QED) is 0.387. The molecular weight excluding hydrogens is 262 g/mol. The molecule has 5 nitrogen and oxygen atoms in total. The zero-order valence-electron chi connectivity index (χ0n) is 10.3. The standard InChI is InChI=1S/C13H13N3O2S/c1-18-11-4-2-3-5-12(11)19-9-6-7-15-10(8-9)13(14)16-17/h2-8,17H,1H3,(H2,14,16). The third kappa shape index (κ3) is 3.17. The van der Waals surface area contributed by atoms with Gasteiger partial charge in [-0.3, -0.25) is 4.98 Å². The number of ether oxygens (including phenoxy) is 1. The summed E-state index contributed by atoms with van der Waals surface area (Å²) in [5.41, 5.74) is 5.95. The number of nitrogens with two attached hydrogens (primary N) is 1. The molecule has 0 radical (unpaired) electrons. The Kier molecular flexibility index (Phi) is 4.25. The summed E-state index contributed by atoms with van der Waals surface area (Å²) < 4.78 is 5.29. The lowest BCUT2D eigenvalue weighted by atomic mass is 10.3. The van der Waals surface area contributed by atoms with Crippen LogP contribution in [0, 0.1) is 0 Å². The average molecular weight is 275 g/mol. The minimum atomic E-state index is -0.0116. The highest BCUT2D eigenvalue weighted by atomic mass is 32.2. The molecule has 0 aliphatic carbocycles. The van der Waals surface area contributed by atoms with Gasteiger partial charge in [0, 0.05) is 11.1 Å². The van der Waals surface area contributed by atoms with Crippen molar-refractivity contribution in [2.45, 2.75) is 9.79 Å². The molecule has 2 aromatic rings. The van der Waals surface area contributed by atoms with Gasteiger partial charge in [0.05, 0.1) is 12.0 Å². The zero-order valence-corrected chi connectivity index (χ0v) is 11.1. The van der Waals surface area contributed by atoms with Gasteiger partial charge in [0.25, 0.3) is 0 Å². The average Bonchev–Trinajstić information content (AvgIpc) is 2.47. The molecule has 0 fully saturated rings. The number of rotatable bonds is 4. The lowest BCUT2D eigenvalue weighted by Gasteiger charge is -2.08. The molecule has 98 valence electrons. The molecule has 3 N–H and O–H groups in total. The van der Waals surface area contributed by atoms with Crippen molar-refractivity contribution >= 4 is 17.6 Å². The Morgan fingerprint density at radius 3 is 2.89 bits per heavy atom. The van der Waals surface area contributed by atoms with Crippen LogP contribution in [-0.4, -0.2) is 23.1 Å². The first-order valence-corrected chi connectivity index (χ1v) is 6.31. The molecule has 0 aliphatic heterocycles. The van der Waals surface area contributed by atoms with Crippen LogP contribution in [0.4, 0.5) is 0 Å². The molecule has 0 spiro atoms. The van der Waals surface area contributed by atoms with Gasteiger partial charge in [0.15, 0.2) is 5.84 Å². The lowest BCUT2D eigenvalue weighted by Crippen LogP contribution is -2.14. The molecule has 1 aromatic heterocycles. The summed E-state index contributed by atoms with van der Waals surface area (Å²) in [6.07, 6.45) is 1.62. The maximum absolute atomic E-state index is 8.65. The van der Waals surface area contributed by atoms with Crippen molar-refractivity contribution in [3.8, 4) is 5.75 Å². The topological polar surface area (TPSA) is 80.7 Å². The third-order valence-electron chi connectivity index (χ3n) is 2.40. The minimum absolute atomic E-state index is 0.0116. The van der Waals surface area contributed by atoms with Crippen LogP contribution in [0.1, 0.15) is 5.69 Å². The summed E-state index contributed by atoms with van der Waals surface area (Å²) in [6, 6.07) is 11.3. The molecule has 2 rings (SSSR count). The van der Waals surface area contributed by atoms with Crippen LogP contribution in [0.15, 0.2) is 57.5 Å². The van der Waals surface area contributed by atoms with Crippen molar-refractivity contribution in [1.82, 2.24) is 4.98 Å². The Morgan fingerprint density at radius 1 is 1.37 bits per heavy atom. The highest BCUT2D eigenvalue weighted by Crippen LogP contribution is 2.34. The molecule has 0 saturated heterocycles. The smallest absolute Gasteiger partial charge is 0.188 e. The number of hydrogen-bond donors (Lipinski definition) is 2. The molecule has 6 heteroatoms. The van der Waals surface area contributed by atoms with Gasteiger partial charge in [-0.05, 0) is 24.3 Å². The van der Waals surface area contributed by atoms with Crippen molar-refractivity contribution in [3.05, 3.63) is 48.3 Å². The fourth-order valence-electron chi connectivity index (χ4n) is 1.50. The van der Waals surface area contributed by atoms with Gasteiger partial charge in [0.2, 0.25) is 0 Å². The molecule has 1 heterocycles. The number of oxime groups is 1. The van der Waals surface area contributed by atoms with Gasteiger partial charge in [-0.2, -0.15) is 0 Å². The van der Waals surface area contributed by atoms with E-state index in [2.05, 4.69) is 10.1 Å². The Morgan fingerprint density at radius 2 is 2.16 bits per heavy atom.